The van der Waals surface area contributed by atoms with Gasteiger partial charge >= 0.3 is 0 Å². The van der Waals surface area contributed by atoms with Crippen molar-refractivity contribution in [3.8, 4) is 6.07 Å². The summed E-state index contributed by atoms with van der Waals surface area (Å²) in [6, 6.07) is 6.63. The van der Waals surface area contributed by atoms with Gasteiger partial charge in [-0.25, -0.2) is 4.98 Å². The average Bonchev–Trinajstić information content (AvgIpc) is 3.18. The van der Waals surface area contributed by atoms with Crippen LogP contribution in [0.2, 0.25) is 5.02 Å². The minimum Gasteiger partial charge on any atom is -0.318 e. The van der Waals surface area contributed by atoms with Gasteiger partial charge in [-0.15, -0.1) is 5.10 Å². The highest BCUT2D eigenvalue weighted by Gasteiger charge is 2.28. The lowest BCUT2D eigenvalue weighted by Crippen LogP contribution is -2.14. The Morgan fingerprint density at radius 2 is 2.30 bits per heavy atom. The number of rotatable bonds is 3. The number of nitrogens with zero attached hydrogens (tertiary/aromatic N) is 3. The number of hydrogen-bond acceptors (Lipinski definition) is 4. The van der Waals surface area contributed by atoms with Gasteiger partial charge in [-0.05, 0) is 31.0 Å². The highest BCUT2D eigenvalue weighted by atomic mass is 35.5. The summed E-state index contributed by atoms with van der Waals surface area (Å²) in [4.78, 5) is 16.2. The SMILES string of the molecule is N#Cc1ccc(Cl)c(NC(=O)c2n[nH]c(C3CC3)n2)c1. The molecule has 1 aromatic carbocycles. The van der Waals surface area contributed by atoms with Gasteiger partial charge in [0.05, 0.1) is 22.3 Å². The van der Waals surface area contributed by atoms with Crippen LogP contribution in [-0.4, -0.2) is 21.1 Å². The van der Waals surface area contributed by atoms with Gasteiger partial charge in [0.2, 0.25) is 5.82 Å². The van der Waals surface area contributed by atoms with Crippen LogP contribution in [-0.2, 0) is 0 Å². The van der Waals surface area contributed by atoms with E-state index in [2.05, 4.69) is 20.5 Å². The first-order valence-electron chi connectivity index (χ1n) is 6.10. The number of nitriles is 1. The Labute approximate surface area is 119 Å². The van der Waals surface area contributed by atoms with E-state index in [9.17, 15) is 4.79 Å². The van der Waals surface area contributed by atoms with Crippen molar-refractivity contribution in [3.63, 3.8) is 0 Å². The van der Waals surface area contributed by atoms with E-state index in [1.54, 1.807) is 12.1 Å². The average molecular weight is 288 g/mol. The van der Waals surface area contributed by atoms with Crippen molar-refractivity contribution in [2.45, 2.75) is 18.8 Å². The number of nitrogens with one attached hydrogen (secondary N) is 2. The lowest BCUT2D eigenvalue weighted by atomic mass is 10.2. The van der Waals surface area contributed by atoms with Crippen LogP contribution in [0.1, 0.15) is 40.8 Å². The molecular weight excluding hydrogens is 278 g/mol. The largest absolute Gasteiger partial charge is 0.318 e. The highest BCUT2D eigenvalue weighted by Crippen LogP contribution is 2.37. The van der Waals surface area contributed by atoms with Crippen molar-refractivity contribution < 1.29 is 4.79 Å². The summed E-state index contributed by atoms with van der Waals surface area (Å²) < 4.78 is 0. The molecule has 0 bridgehead atoms. The van der Waals surface area contributed by atoms with Gasteiger partial charge in [-0.3, -0.25) is 9.89 Å². The fraction of sp³-hybridized carbons (Fsp3) is 0.231. The van der Waals surface area contributed by atoms with Crippen molar-refractivity contribution in [3.05, 3.63) is 40.4 Å². The summed E-state index contributed by atoms with van der Waals surface area (Å²) in [7, 11) is 0. The smallest absolute Gasteiger partial charge is 0.295 e. The number of H-pyrrole nitrogens is 1. The molecule has 0 saturated heterocycles. The first-order valence-corrected chi connectivity index (χ1v) is 6.48. The zero-order valence-electron chi connectivity index (χ0n) is 10.4. The molecule has 1 heterocycles. The zero-order chi connectivity index (χ0) is 14.1. The molecule has 1 fully saturated rings. The third-order valence-corrected chi connectivity index (χ3v) is 3.34. The van der Waals surface area contributed by atoms with Crippen LogP contribution >= 0.6 is 11.6 Å². The lowest BCUT2D eigenvalue weighted by molar-refractivity contribution is 0.101. The second-order valence-corrected chi connectivity index (χ2v) is 4.99. The second kappa shape index (κ2) is 4.94. The van der Waals surface area contributed by atoms with Crippen molar-refractivity contribution in [2.24, 2.45) is 0 Å². The molecule has 1 aliphatic carbocycles. The van der Waals surface area contributed by atoms with Crippen LogP contribution in [0.5, 0.6) is 0 Å². The van der Waals surface area contributed by atoms with Gasteiger partial charge in [0.15, 0.2) is 0 Å². The minimum absolute atomic E-state index is 0.0744. The van der Waals surface area contributed by atoms with Crippen LogP contribution in [0.3, 0.4) is 0 Å². The molecule has 1 aromatic heterocycles. The van der Waals surface area contributed by atoms with Crippen LogP contribution in [0.15, 0.2) is 18.2 Å². The summed E-state index contributed by atoms with van der Waals surface area (Å²) in [5.74, 6) is 0.761. The fourth-order valence-corrected chi connectivity index (χ4v) is 1.95. The molecule has 2 N–H and O–H groups in total. The Morgan fingerprint density at radius 3 is 3.00 bits per heavy atom. The van der Waals surface area contributed by atoms with Gasteiger partial charge in [0.1, 0.15) is 5.82 Å². The van der Waals surface area contributed by atoms with Crippen LogP contribution in [0.4, 0.5) is 5.69 Å². The Balaban J connectivity index is 1.79. The molecule has 0 unspecified atom stereocenters. The third kappa shape index (κ3) is 2.49. The van der Waals surface area contributed by atoms with E-state index in [0.717, 1.165) is 18.7 Å². The topological polar surface area (TPSA) is 94.5 Å². The Kier molecular flexibility index (Phi) is 3.12. The number of aromatic amines is 1. The first-order chi connectivity index (χ1) is 9.67. The van der Waals surface area contributed by atoms with Crippen molar-refractivity contribution in [1.29, 1.82) is 5.26 Å². The lowest BCUT2D eigenvalue weighted by Gasteiger charge is -2.05. The molecule has 7 heteroatoms. The molecule has 20 heavy (non-hydrogen) atoms. The molecule has 0 atom stereocenters. The highest BCUT2D eigenvalue weighted by molar-refractivity contribution is 6.33. The van der Waals surface area contributed by atoms with Gasteiger partial charge in [0.25, 0.3) is 5.91 Å². The predicted octanol–water partition coefficient (Wildman–Crippen LogP) is 2.46. The zero-order valence-corrected chi connectivity index (χ0v) is 11.1. The van der Waals surface area contributed by atoms with E-state index in [0.29, 0.717) is 22.2 Å². The number of halogens is 1. The molecule has 0 aliphatic heterocycles. The second-order valence-electron chi connectivity index (χ2n) is 4.58. The molecule has 1 aliphatic rings. The molecular formula is C13H10ClN5O. The molecule has 1 amide bonds. The van der Waals surface area contributed by atoms with Crippen LogP contribution in [0, 0.1) is 11.3 Å². The monoisotopic (exact) mass is 287 g/mol. The number of aromatic nitrogens is 3. The van der Waals surface area contributed by atoms with Crippen molar-refractivity contribution in [1.82, 2.24) is 15.2 Å². The molecule has 1 saturated carbocycles. The normalized spacial score (nSPS) is 13.8. The van der Waals surface area contributed by atoms with Gasteiger partial charge in [0, 0.05) is 5.92 Å². The Morgan fingerprint density at radius 1 is 1.50 bits per heavy atom. The van der Waals surface area contributed by atoms with Gasteiger partial charge < -0.3 is 5.32 Å². The molecule has 0 radical (unpaired) electrons. The minimum atomic E-state index is -0.454. The van der Waals surface area contributed by atoms with Gasteiger partial charge in [-0.2, -0.15) is 5.26 Å². The van der Waals surface area contributed by atoms with E-state index in [-0.39, 0.29) is 5.82 Å². The molecule has 3 rings (SSSR count). The van der Waals surface area contributed by atoms with Gasteiger partial charge in [-0.1, -0.05) is 11.6 Å². The van der Waals surface area contributed by atoms with E-state index in [4.69, 9.17) is 16.9 Å². The Bertz CT molecular complexity index is 714. The predicted molar refractivity (Wildman–Crippen MR) is 72.5 cm³/mol. The van der Waals surface area contributed by atoms with E-state index in [1.165, 1.54) is 6.07 Å². The summed E-state index contributed by atoms with van der Waals surface area (Å²) >= 11 is 5.98. The van der Waals surface area contributed by atoms with E-state index in [1.807, 2.05) is 6.07 Å². The number of amides is 1. The van der Waals surface area contributed by atoms with E-state index < -0.39 is 5.91 Å². The number of carbonyl (C=O) groups is 1. The molecule has 100 valence electrons. The van der Waals surface area contributed by atoms with Crippen molar-refractivity contribution >= 4 is 23.2 Å². The maximum atomic E-state index is 12.0. The Hall–Kier alpha value is -2.39. The fourth-order valence-electron chi connectivity index (χ4n) is 1.78. The van der Waals surface area contributed by atoms with Crippen molar-refractivity contribution in [2.75, 3.05) is 5.32 Å². The van der Waals surface area contributed by atoms with E-state index >= 15 is 0 Å². The maximum absolute atomic E-state index is 12.0. The summed E-state index contributed by atoms with van der Waals surface area (Å²) in [5.41, 5.74) is 0.784. The third-order valence-electron chi connectivity index (χ3n) is 3.01. The quantitative estimate of drug-likeness (QED) is 0.906. The number of hydrogen-bond donors (Lipinski definition) is 2. The summed E-state index contributed by atoms with van der Waals surface area (Å²) in [6.45, 7) is 0. The van der Waals surface area contributed by atoms with Crippen LogP contribution in [0.25, 0.3) is 0 Å². The summed E-state index contributed by atoms with van der Waals surface area (Å²) in [6.07, 6.45) is 2.15. The maximum Gasteiger partial charge on any atom is 0.295 e. The summed E-state index contributed by atoms with van der Waals surface area (Å²) in [5, 5.41) is 18.5. The molecule has 6 nitrogen and oxygen atoms in total. The number of anilines is 1. The number of carbonyl (C=O) groups excluding carboxylic acids is 1. The molecule has 0 spiro atoms. The van der Waals surface area contributed by atoms with Crippen LogP contribution < -0.4 is 5.32 Å². The number of benzene rings is 1. The first kappa shape index (κ1) is 12.6. The standard InChI is InChI=1S/C13H10ClN5O/c14-9-4-1-7(6-15)5-10(9)16-13(20)12-17-11(18-19-12)8-2-3-8/h1,4-5,8H,2-3H2,(H,16,20)(H,17,18,19). The molecule has 2 aromatic rings.